The second kappa shape index (κ2) is 5.15. The number of rotatable bonds is 3. The van der Waals surface area contributed by atoms with Crippen molar-refractivity contribution in [2.45, 2.75) is 25.2 Å². The van der Waals surface area contributed by atoms with Crippen molar-refractivity contribution in [3.63, 3.8) is 0 Å². The Bertz CT molecular complexity index is 624. The number of hydrogen-bond donors (Lipinski definition) is 1. The molecule has 0 fully saturated rings. The molecule has 2 aromatic rings. The second-order valence-corrected chi connectivity index (χ2v) is 5.05. The lowest BCUT2D eigenvalue weighted by Gasteiger charge is -2.23. The minimum Gasteiger partial charge on any atom is -0.497 e. The summed E-state index contributed by atoms with van der Waals surface area (Å²) in [6, 6.07) is 3.34. The molecule has 1 aliphatic rings. The largest absolute Gasteiger partial charge is 0.497 e. The second-order valence-electron chi connectivity index (χ2n) is 5.05. The van der Waals surface area contributed by atoms with E-state index in [0.29, 0.717) is 11.3 Å². The summed E-state index contributed by atoms with van der Waals surface area (Å²) in [6.07, 6.45) is 4.44. The zero-order chi connectivity index (χ0) is 14.1. The molecule has 0 bridgehead atoms. The first-order chi connectivity index (χ1) is 9.72. The lowest BCUT2D eigenvalue weighted by Crippen LogP contribution is -2.14. The van der Waals surface area contributed by atoms with Gasteiger partial charge in [-0.2, -0.15) is 5.10 Å². The van der Waals surface area contributed by atoms with E-state index < -0.39 is 0 Å². The molecule has 1 aromatic carbocycles. The predicted molar refractivity (Wildman–Crippen MR) is 72.9 cm³/mol. The minimum atomic E-state index is -0.290. The SMILES string of the molecule is COc1cc(OC)c(F)c([C@H]2CCc3cn[nH]c3C2)c1. The molecule has 4 nitrogen and oxygen atoms in total. The summed E-state index contributed by atoms with van der Waals surface area (Å²) in [5.41, 5.74) is 2.99. The molecular formula is C15H17FN2O2. The molecule has 3 rings (SSSR count). The summed E-state index contributed by atoms with van der Waals surface area (Å²) in [4.78, 5) is 0. The minimum absolute atomic E-state index is 0.118. The Kier molecular flexibility index (Phi) is 3.34. The van der Waals surface area contributed by atoms with E-state index >= 15 is 0 Å². The quantitative estimate of drug-likeness (QED) is 0.937. The monoisotopic (exact) mass is 276 g/mol. The van der Waals surface area contributed by atoms with Gasteiger partial charge in [-0.15, -0.1) is 0 Å². The number of halogens is 1. The van der Waals surface area contributed by atoms with Gasteiger partial charge in [0.25, 0.3) is 0 Å². The highest BCUT2D eigenvalue weighted by Gasteiger charge is 2.26. The lowest BCUT2D eigenvalue weighted by molar-refractivity contribution is 0.367. The van der Waals surface area contributed by atoms with Crippen LogP contribution in [0.4, 0.5) is 4.39 Å². The molecule has 0 saturated heterocycles. The van der Waals surface area contributed by atoms with Gasteiger partial charge in [-0.3, -0.25) is 5.10 Å². The van der Waals surface area contributed by atoms with Crippen LogP contribution in [0.5, 0.6) is 11.5 Å². The fraction of sp³-hybridized carbons (Fsp3) is 0.400. The fourth-order valence-electron chi connectivity index (χ4n) is 2.83. The first-order valence-electron chi connectivity index (χ1n) is 6.65. The molecule has 1 N–H and O–H groups in total. The number of nitrogens with one attached hydrogen (secondary N) is 1. The topological polar surface area (TPSA) is 47.1 Å². The molecule has 0 amide bonds. The average molecular weight is 276 g/mol. The fourth-order valence-corrected chi connectivity index (χ4v) is 2.83. The van der Waals surface area contributed by atoms with Gasteiger partial charge in [0.15, 0.2) is 11.6 Å². The van der Waals surface area contributed by atoms with Crippen molar-refractivity contribution in [2.75, 3.05) is 14.2 Å². The van der Waals surface area contributed by atoms with E-state index in [-0.39, 0.29) is 17.5 Å². The molecule has 0 aliphatic heterocycles. The number of aryl methyl sites for hydroxylation is 1. The summed E-state index contributed by atoms with van der Waals surface area (Å²) in [7, 11) is 3.04. The maximum atomic E-state index is 14.5. The van der Waals surface area contributed by atoms with Gasteiger partial charge in [-0.05, 0) is 42.4 Å². The normalized spacial score (nSPS) is 17.6. The number of H-pyrrole nitrogens is 1. The summed E-state index contributed by atoms with van der Waals surface area (Å²) in [5, 5.41) is 7.05. The van der Waals surface area contributed by atoms with Crippen molar-refractivity contribution in [1.82, 2.24) is 10.2 Å². The van der Waals surface area contributed by atoms with E-state index in [2.05, 4.69) is 10.2 Å². The third kappa shape index (κ3) is 2.13. The van der Waals surface area contributed by atoms with Crippen LogP contribution in [0.2, 0.25) is 0 Å². The molecule has 20 heavy (non-hydrogen) atoms. The average Bonchev–Trinajstić information content (AvgIpc) is 2.95. The number of fused-ring (bicyclic) bond motifs is 1. The highest BCUT2D eigenvalue weighted by Crippen LogP contribution is 2.37. The third-order valence-electron chi connectivity index (χ3n) is 3.96. The van der Waals surface area contributed by atoms with Crippen LogP contribution in [0.3, 0.4) is 0 Å². The number of aromatic nitrogens is 2. The van der Waals surface area contributed by atoms with Crippen molar-refractivity contribution in [2.24, 2.45) is 0 Å². The summed E-state index contributed by atoms with van der Waals surface area (Å²) >= 11 is 0. The number of nitrogens with zero attached hydrogens (tertiary/aromatic N) is 1. The van der Waals surface area contributed by atoms with Crippen LogP contribution in [0, 0.1) is 5.82 Å². The standard InChI is InChI=1S/C15H17FN2O2/c1-19-11-6-12(15(16)14(7-11)20-2)9-3-4-10-8-17-18-13(10)5-9/h6-9H,3-5H2,1-2H3,(H,17,18)/t9-/m0/s1. The van der Waals surface area contributed by atoms with Gasteiger partial charge in [0.2, 0.25) is 0 Å². The Labute approximate surface area is 116 Å². The van der Waals surface area contributed by atoms with Crippen LogP contribution in [0.15, 0.2) is 18.3 Å². The molecule has 106 valence electrons. The van der Waals surface area contributed by atoms with E-state index in [1.807, 2.05) is 6.20 Å². The van der Waals surface area contributed by atoms with Crippen LogP contribution >= 0.6 is 0 Å². The van der Waals surface area contributed by atoms with Crippen molar-refractivity contribution in [3.05, 3.63) is 41.0 Å². The predicted octanol–water partition coefficient (Wildman–Crippen LogP) is 2.84. The zero-order valence-corrected chi connectivity index (χ0v) is 11.6. The van der Waals surface area contributed by atoms with E-state index in [1.54, 1.807) is 19.2 Å². The number of hydrogen-bond acceptors (Lipinski definition) is 3. The van der Waals surface area contributed by atoms with Crippen molar-refractivity contribution < 1.29 is 13.9 Å². The van der Waals surface area contributed by atoms with Crippen LogP contribution in [-0.2, 0) is 12.8 Å². The number of methoxy groups -OCH3 is 2. The van der Waals surface area contributed by atoms with Gasteiger partial charge >= 0.3 is 0 Å². The Morgan fingerprint density at radius 3 is 2.90 bits per heavy atom. The molecular weight excluding hydrogens is 259 g/mol. The van der Waals surface area contributed by atoms with Gasteiger partial charge < -0.3 is 9.47 Å². The van der Waals surface area contributed by atoms with Gasteiger partial charge in [0.05, 0.1) is 20.4 Å². The van der Waals surface area contributed by atoms with Gasteiger partial charge in [0, 0.05) is 11.8 Å². The van der Waals surface area contributed by atoms with Crippen LogP contribution < -0.4 is 9.47 Å². The zero-order valence-electron chi connectivity index (χ0n) is 11.6. The maximum Gasteiger partial charge on any atom is 0.168 e. The third-order valence-corrected chi connectivity index (χ3v) is 3.96. The first-order valence-corrected chi connectivity index (χ1v) is 6.65. The van der Waals surface area contributed by atoms with E-state index in [9.17, 15) is 4.39 Å². The van der Waals surface area contributed by atoms with Crippen molar-refractivity contribution in [3.8, 4) is 11.5 Å². The molecule has 1 atom stereocenters. The smallest absolute Gasteiger partial charge is 0.168 e. The molecule has 5 heteroatoms. The number of aromatic amines is 1. The number of benzene rings is 1. The van der Waals surface area contributed by atoms with Gasteiger partial charge in [-0.1, -0.05) is 0 Å². The van der Waals surface area contributed by atoms with Gasteiger partial charge in [-0.25, -0.2) is 4.39 Å². The molecule has 1 heterocycles. The molecule has 1 aliphatic carbocycles. The summed E-state index contributed by atoms with van der Waals surface area (Å²) in [6.45, 7) is 0. The van der Waals surface area contributed by atoms with Crippen molar-refractivity contribution in [1.29, 1.82) is 0 Å². The Hall–Kier alpha value is -2.04. The molecule has 0 radical (unpaired) electrons. The highest BCUT2D eigenvalue weighted by atomic mass is 19.1. The lowest BCUT2D eigenvalue weighted by atomic mass is 9.83. The highest BCUT2D eigenvalue weighted by molar-refractivity contribution is 5.43. The van der Waals surface area contributed by atoms with E-state index in [0.717, 1.165) is 25.0 Å². The van der Waals surface area contributed by atoms with Gasteiger partial charge in [0.1, 0.15) is 5.75 Å². The van der Waals surface area contributed by atoms with E-state index in [1.165, 1.54) is 12.7 Å². The number of ether oxygens (including phenoxy) is 2. The molecule has 1 aromatic heterocycles. The van der Waals surface area contributed by atoms with Crippen LogP contribution in [0.1, 0.15) is 29.2 Å². The Morgan fingerprint density at radius 2 is 2.15 bits per heavy atom. The summed E-state index contributed by atoms with van der Waals surface area (Å²) in [5.74, 6) is 0.677. The summed E-state index contributed by atoms with van der Waals surface area (Å²) < 4.78 is 24.8. The van der Waals surface area contributed by atoms with Crippen molar-refractivity contribution >= 4 is 0 Å². The Balaban J connectivity index is 1.98. The maximum absolute atomic E-state index is 14.5. The molecule has 0 spiro atoms. The molecule has 0 unspecified atom stereocenters. The Morgan fingerprint density at radius 1 is 1.30 bits per heavy atom. The van der Waals surface area contributed by atoms with E-state index in [4.69, 9.17) is 9.47 Å². The molecule has 0 saturated carbocycles. The first kappa shape index (κ1) is 13.0. The van der Waals surface area contributed by atoms with Crippen LogP contribution in [-0.4, -0.2) is 24.4 Å². The van der Waals surface area contributed by atoms with Crippen LogP contribution in [0.25, 0.3) is 0 Å².